The second kappa shape index (κ2) is 5.32. The molecule has 1 N–H and O–H groups in total. The van der Waals surface area contributed by atoms with Crippen molar-refractivity contribution in [3.8, 4) is 0 Å². The quantitative estimate of drug-likeness (QED) is 0.614. The third kappa shape index (κ3) is 2.56. The second-order valence-corrected chi connectivity index (χ2v) is 5.54. The highest BCUT2D eigenvalue weighted by molar-refractivity contribution is 9.10. The molecule has 1 aromatic rings. The fourth-order valence-electron chi connectivity index (χ4n) is 2.43. The van der Waals surface area contributed by atoms with Crippen LogP contribution in [0.15, 0.2) is 16.6 Å². The number of hydrogen-bond donors (Lipinski definition) is 1. The minimum absolute atomic E-state index is 0.103. The molecule has 9 heteroatoms. The molecule has 0 saturated carbocycles. The normalized spacial score (nSPS) is 17.4. The Balaban J connectivity index is 2.71. The Hall–Kier alpha value is -2.16. The van der Waals surface area contributed by atoms with Crippen LogP contribution in [-0.2, 0) is 4.79 Å². The summed E-state index contributed by atoms with van der Waals surface area (Å²) >= 11 is 3.06. The maximum absolute atomic E-state index is 11.8. The van der Waals surface area contributed by atoms with Crippen molar-refractivity contribution in [2.24, 2.45) is 0 Å². The van der Waals surface area contributed by atoms with Crippen LogP contribution in [0.4, 0.5) is 21.9 Å². The van der Waals surface area contributed by atoms with Gasteiger partial charge in [-0.1, -0.05) is 0 Å². The van der Waals surface area contributed by atoms with Crippen LogP contribution in [0.3, 0.4) is 0 Å². The smallest absolute Gasteiger partial charge is 0.411 e. The minimum Gasteiger partial charge on any atom is -0.465 e. The van der Waals surface area contributed by atoms with Crippen molar-refractivity contribution in [1.29, 1.82) is 0 Å². The van der Waals surface area contributed by atoms with Crippen LogP contribution in [0, 0.1) is 10.1 Å². The van der Waals surface area contributed by atoms with Gasteiger partial charge in [-0.05, 0) is 28.9 Å². The molecule has 8 nitrogen and oxygen atoms in total. The number of rotatable bonds is 1. The van der Waals surface area contributed by atoms with Crippen molar-refractivity contribution in [3.05, 3.63) is 26.7 Å². The summed E-state index contributed by atoms with van der Waals surface area (Å²) < 4.78 is 0.163. The SMILES string of the molecule is CC(=O)N1c2cc([N+](=O)[O-])c(Br)cc2N(C(=O)O)C[C@@H]1C. The number of amides is 2. The number of anilines is 2. The maximum atomic E-state index is 11.8. The molecular weight excluding hydrogens is 346 g/mol. The molecule has 0 aromatic heterocycles. The summed E-state index contributed by atoms with van der Waals surface area (Å²) in [6, 6.07) is 2.16. The van der Waals surface area contributed by atoms with Crippen molar-refractivity contribution in [3.63, 3.8) is 0 Å². The van der Waals surface area contributed by atoms with E-state index in [-0.39, 0.29) is 34.0 Å². The predicted molar refractivity (Wildman–Crippen MR) is 78.8 cm³/mol. The van der Waals surface area contributed by atoms with E-state index >= 15 is 0 Å². The summed E-state index contributed by atoms with van der Waals surface area (Å²) in [6.07, 6.45) is -1.17. The number of nitrogens with zero attached hydrogens (tertiary/aromatic N) is 3. The van der Waals surface area contributed by atoms with Crippen LogP contribution in [0.1, 0.15) is 13.8 Å². The number of fused-ring (bicyclic) bond motifs is 1. The molecule has 0 unspecified atom stereocenters. The van der Waals surface area contributed by atoms with Crippen molar-refractivity contribution in [2.75, 3.05) is 16.3 Å². The van der Waals surface area contributed by atoms with Crippen LogP contribution >= 0.6 is 15.9 Å². The van der Waals surface area contributed by atoms with Crippen LogP contribution in [0.2, 0.25) is 0 Å². The summed E-state index contributed by atoms with van der Waals surface area (Å²) in [6.45, 7) is 3.13. The zero-order valence-electron chi connectivity index (χ0n) is 11.2. The van der Waals surface area contributed by atoms with E-state index in [2.05, 4.69) is 15.9 Å². The molecular formula is C12H12BrN3O5. The fraction of sp³-hybridized carbons (Fsp3) is 0.333. The van der Waals surface area contributed by atoms with Gasteiger partial charge in [-0.3, -0.25) is 19.8 Å². The molecule has 21 heavy (non-hydrogen) atoms. The molecule has 112 valence electrons. The Morgan fingerprint density at radius 2 is 2.05 bits per heavy atom. The molecule has 0 radical (unpaired) electrons. The summed E-state index contributed by atoms with van der Waals surface area (Å²) in [5, 5.41) is 20.3. The highest BCUT2D eigenvalue weighted by atomic mass is 79.9. The average Bonchev–Trinajstić information content (AvgIpc) is 2.36. The zero-order chi connectivity index (χ0) is 15.9. The topological polar surface area (TPSA) is 104 Å². The number of carbonyl (C=O) groups is 2. The third-order valence-electron chi connectivity index (χ3n) is 3.25. The Bertz CT molecular complexity index is 648. The summed E-state index contributed by atoms with van der Waals surface area (Å²) in [7, 11) is 0. The zero-order valence-corrected chi connectivity index (χ0v) is 12.8. The number of nitro benzene ring substituents is 1. The fourth-order valence-corrected chi connectivity index (χ4v) is 2.91. The molecule has 1 aliphatic heterocycles. The number of halogens is 1. The molecule has 1 aromatic carbocycles. The van der Waals surface area contributed by atoms with Gasteiger partial charge < -0.3 is 10.0 Å². The maximum Gasteiger partial charge on any atom is 0.411 e. The van der Waals surface area contributed by atoms with Crippen molar-refractivity contribution < 1.29 is 19.6 Å². The van der Waals surface area contributed by atoms with Crippen molar-refractivity contribution >= 4 is 45.0 Å². The van der Waals surface area contributed by atoms with Gasteiger partial charge >= 0.3 is 6.09 Å². The molecule has 1 atom stereocenters. The van der Waals surface area contributed by atoms with E-state index in [1.165, 1.54) is 24.0 Å². The summed E-state index contributed by atoms with van der Waals surface area (Å²) in [5.41, 5.74) is 0.242. The lowest BCUT2D eigenvalue weighted by Gasteiger charge is -2.39. The van der Waals surface area contributed by atoms with Crippen LogP contribution < -0.4 is 9.80 Å². The lowest BCUT2D eigenvalue weighted by molar-refractivity contribution is -0.385. The van der Waals surface area contributed by atoms with Gasteiger partial charge in [0.1, 0.15) is 0 Å². The highest BCUT2D eigenvalue weighted by Crippen LogP contribution is 2.42. The van der Waals surface area contributed by atoms with Gasteiger partial charge in [-0.25, -0.2) is 4.79 Å². The molecule has 2 rings (SSSR count). The van der Waals surface area contributed by atoms with Gasteiger partial charge in [0.2, 0.25) is 5.91 Å². The number of carboxylic acid groups (broad SMARTS) is 1. The summed E-state index contributed by atoms with van der Waals surface area (Å²) in [5.74, 6) is -0.301. The Labute approximate surface area is 128 Å². The van der Waals surface area contributed by atoms with Gasteiger partial charge in [0.25, 0.3) is 5.69 Å². The van der Waals surface area contributed by atoms with Gasteiger partial charge in [-0.15, -0.1) is 0 Å². The molecule has 0 fully saturated rings. The van der Waals surface area contributed by atoms with Crippen LogP contribution in [0.5, 0.6) is 0 Å². The lowest BCUT2D eigenvalue weighted by Crippen LogP contribution is -2.51. The van der Waals surface area contributed by atoms with E-state index in [9.17, 15) is 24.8 Å². The Morgan fingerprint density at radius 1 is 1.43 bits per heavy atom. The number of carbonyl (C=O) groups excluding carboxylic acids is 1. The van der Waals surface area contributed by atoms with Crippen molar-refractivity contribution in [2.45, 2.75) is 19.9 Å². The first kappa shape index (κ1) is 15.2. The van der Waals surface area contributed by atoms with E-state index in [4.69, 9.17) is 0 Å². The molecule has 1 heterocycles. The molecule has 0 aliphatic carbocycles. The molecule has 0 saturated heterocycles. The highest BCUT2D eigenvalue weighted by Gasteiger charge is 2.35. The predicted octanol–water partition coefficient (Wildman–Crippen LogP) is 2.60. The van der Waals surface area contributed by atoms with E-state index in [0.717, 1.165) is 4.90 Å². The first-order valence-corrected chi connectivity index (χ1v) is 6.81. The Morgan fingerprint density at radius 3 is 2.52 bits per heavy atom. The standard InChI is InChI=1S/C12H12BrN3O5/c1-6-5-14(12(18)19)10-3-8(13)9(16(20)21)4-11(10)15(6)7(2)17/h3-4,6H,5H2,1-2H3,(H,18,19)/t6-/m0/s1. The number of nitro groups is 1. The lowest BCUT2D eigenvalue weighted by atomic mass is 10.1. The monoisotopic (exact) mass is 357 g/mol. The van der Waals surface area contributed by atoms with Gasteiger partial charge in [0.05, 0.1) is 26.8 Å². The van der Waals surface area contributed by atoms with Gasteiger partial charge in [0.15, 0.2) is 0 Å². The number of benzene rings is 1. The summed E-state index contributed by atoms with van der Waals surface area (Å²) in [4.78, 5) is 36.0. The Kier molecular flexibility index (Phi) is 3.86. The first-order chi connectivity index (χ1) is 9.73. The molecule has 2 amide bonds. The van der Waals surface area contributed by atoms with Gasteiger partial charge in [-0.2, -0.15) is 0 Å². The third-order valence-corrected chi connectivity index (χ3v) is 3.88. The largest absolute Gasteiger partial charge is 0.465 e. The van der Waals surface area contributed by atoms with Gasteiger partial charge in [0, 0.05) is 19.5 Å². The molecule has 0 spiro atoms. The van der Waals surface area contributed by atoms with E-state index in [1.807, 2.05) is 0 Å². The first-order valence-electron chi connectivity index (χ1n) is 6.02. The average molecular weight is 358 g/mol. The molecule has 0 bridgehead atoms. The molecule has 1 aliphatic rings. The number of hydrogen-bond acceptors (Lipinski definition) is 4. The van der Waals surface area contributed by atoms with Crippen LogP contribution in [0.25, 0.3) is 0 Å². The minimum atomic E-state index is -1.17. The van der Waals surface area contributed by atoms with E-state index in [1.54, 1.807) is 6.92 Å². The second-order valence-electron chi connectivity index (χ2n) is 4.68. The van der Waals surface area contributed by atoms with Crippen LogP contribution in [-0.4, -0.2) is 34.6 Å². The van der Waals surface area contributed by atoms with E-state index in [0.29, 0.717) is 0 Å². The van der Waals surface area contributed by atoms with Crippen molar-refractivity contribution in [1.82, 2.24) is 0 Å². The van der Waals surface area contributed by atoms with E-state index < -0.39 is 17.1 Å².